The van der Waals surface area contributed by atoms with Crippen LogP contribution >= 0.6 is 0 Å². The van der Waals surface area contributed by atoms with E-state index in [0.29, 0.717) is 6.42 Å². The molecule has 0 aliphatic carbocycles. The first-order chi connectivity index (χ1) is 15.9. The van der Waals surface area contributed by atoms with Crippen LogP contribution in [-0.2, 0) is 11.2 Å². The number of ether oxygens (including phenoxy) is 1. The number of amides is 1. The minimum absolute atomic E-state index is 0. The molecule has 0 aliphatic heterocycles. The van der Waals surface area contributed by atoms with Gasteiger partial charge < -0.3 is 19.2 Å². The highest BCUT2D eigenvalue weighted by atomic mass is 16.6. The van der Waals surface area contributed by atoms with Gasteiger partial charge in [0.25, 0.3) is 0 Å². The largest absolute Gasteiger partial charge is 0.444 e. The minimum atomic E-state index is -0.575. The number of hydrogen-bond donors (Lipinski definition) is 1. The van der Waals surface area contributed by atoms with Gasteiger partial charge in [0, 0.05) is 37.6 Å². The number of hydrogen-bond acceptors (Lipinski definition) is 3. The monoisotopic (exact) mass is 444 g/mol. The standard InChI is InChI=1S/C27H30N4O2.H2/c1-27(2,3)33-26(32)29-24(15-14-21-10-5-4-6-11-21)25-28-16-19-31(25)23-13-9-12-22(20-23)30-17-7-8-18-30;/h4-13,16-20,24H,14-15H2,1-3H3,(H,29,32);1H/t24-;/m0./s1. The van der Waals surface area contributed by atoms with Gasteiger partial charge >= 0.3 is 6.09 Å². The number of nitrogens with one attached hydrogen (secondary N) is 1. The molecule has 0 unspecified atom stereocenters. The Labute approximate surface area is 196 Å². The Balaban J connectivity index is 0.00000324. The Morgan fingerprint density at radius 1 is 1.00 bits per heavy atom. The van der Waals surface area contributed by atoms with Gasteiger partial charge in [0.1, 0.15) is 11.4 Å². The predicted octanol–water partition coefficient (Wildman–Crippen LogP) is 6.11. The first-order valence-corrected chi connectivity index (χ1v) is 11.2. The number of aryl methyl sites for hydroxylation is 1. The average molecular weight is 445 g/mol. The second-order valence-electron chi connectivity index (χ2n) is 8.99. The summed E-state index contributed by atoms with van der Waals surface area (Å²) in [5, 5.41) is 3.05. The molecule has 1 amide bonds. The van der Waals surface area contributed by atoms with Gasteiger partial charge in [-0.3, -0.25) is 0 Å². The summed E-state index contributed by atoms with van der Waals surface area (Å²) in [5.74, 6) is 0.765. The zero-order valence-electron chi connectivity index (χ0n) is 19.3. The lowest BCUT2D eigenvalue weighted by atomic mass is 10.0. The van der Waals surface area contributed by atoms with E-state index >= 15 is 0 Å². The van der Waals surface area contributed by atoms with Crippen LogP contribution in [0, 0.1) is 0 Å². The van der Waals surface area contributed by atoms with Crippen LogP contribution in [0.3, 0.4) is 0 Å². The predicted molar refractivity (Wildman–Crippen MR) is 132 cm³/mol. The van der Waals surface area contributed by atoms with Crippen LogP contribution in [0.25, 0.3) is 11.4 Å². The normalized spacial score (nSPS) is 12.3. The fourth-order valence-corrected chi connectivity index (χ4v) is 3.77. The van der Waals surface area contributed by atoms with E-state index in [0.717, 1.165) is 23.6 Å². The van der Waals surface area contributed by atoms with Gasteiger partial charge in [0.2, 0.25) is 0 Å². The lowest BCUT2D eigenvalue weighted by Crippen LogP contribution is -2.36. The number of imidazole rings is 1. The van der Waals surface area contributed by atoms with Crippen LogP contribution in [0.5, 0.6) is 0 Å². The van der Waals surface area contributed by atoms with E-state index < -0.39 is 11.7 Å². The number of nitrogens with zero attached hydrogens (tertiary/aromatic N) is 3. The molecule has 0 fully saturated rings. The molecule has 6 heteroatoms. The molecule has 0 aliphatic rings. The van der Waals surface area contributed by atoms with Crippen LogP contribution in [0.1, 0.15) is 46.0 Å². The lowest BCUT2D eigenvalue weighted by Gasteiger charge is -2.24. The van der Waals surface area contributed by atoms with Crippen molar-refractivity contribution in [3.05, 3.63) is 103 Å². The molecule has 0 saturated carbocycles. The van der Waals surface area contributed by atoms with Crippen LogP contribution in [0.4, 0.5) is 4.79 Å². The van der Waals surface area contributed by atoms with E-state index in [9.17, 15) is 4.79 Å². The van der Waals surface area contributed by atoms with Crippen molar-refractivity contribution in [2.45, 2.75) is 45.3 Å². The van der Waals surface area contributed by atoms with Gasteiger partial charge in [-0.05, 0) is 69.5 Å². The number of carbonyl (C=O) groups is 1. The van der Waals surface area contributed by atoms with Crippen molar-refractivity contribution < 1.29 is 11.0 Å². The second-order valence-corrected chi connectivity index (χ2v) is 8.99. The Morgan fingerprint density at radius 3 is 2.45 bits per heavy atom. The highest BCUT2D eigenvalue weighted by molar-refractivity contribution is 5.68. The molecule has 4 rings (SSSR count). The topological polar surface area (TPSA) is 61.1 Å². The maximum Gasteiger partial charge on any atom is 0.408 e. The number of rotatable bonds is 7. The Bertz CT molecular complexity index is 1180. The van der Waals surface area contributed by atoms with Gasteiger partial charge in [0.15, 0.2) is 0 Å². The quantitative estimate of drug-likeness (QED) is 0.374. The van der Waals surface area contributed by atoms with Crippen LogP contribution in [-0.4, -0.2) is 25.8 Å². The number of aromatic nitrogens is 3. The third-order valence-corrected chi connectivity index (χ3v) is 5.25. The van der Waals surface area contributed by atoms with E-state index in [-0.39, 0.29) is 7.47 Å². The van der Waals surface area contributed by atoms with Gasteiger partial charge in [0.05, 0.1) is 6.04 Å². The molecule has 2 aromatic heterocycles. The fourth-order valence-electron chi connectivity index (χ4n) is 3.77. The molecule has 6 nitrogen and oxygen atoms in total. The summed E-state index contributed by atoms with van der Waals surface area (Å²) in [4.78, 5) is 17.3. The van der Waals surface area contributed by atoms with Crippen molar-refractivity contribution >= 4 is 6.09 Å². The third kappa shape index (κ3) is 5.92. The van der Waals surface area contributed by atoms with E-state index in [1.54, 1.807) is 6.20 Å². The zero-order chi connectivity index (χ0) is 23.3. The molecule has 1 N–H and O–H groups in total. The molecule has 1 atom stereocenters. The van der Waals surface area contributed by atoms with E-state index in [1.807, 2.05) is 86.4 Å². The maximum atomic E-state index is 12.7. The highest BCUT2D eigenvalue weighted by Gasteiger charge is 2.24. The SMILES string of the molecule is CC(C)(C)OC(=O)N[C@@H](CCc1ccccc1)c1nccn1-c1cccc(-n2cccc2)c1.[HH]. The van der Waals surface area contributed by atoms with Crippen LogP contribution in [0.15, 0.2) is 91.5 Å². The molecular weight excluding hydrogens is 412 g/mol. The van der Waals surface area contributed by atoms with Gasteiger partial charge in [-0.1, -0.05) is 36.4 Å². The summed E-state index contributed by atoms with van der Waals surface area (Å²) < 4.78 is 9.63. The zero-order valence-corrected chi connectivity index (χ0v) is 19.3. The minimum Gasteiger partial charge on any atom is -0.444 e. The number of alkyl carbamates (subject to hydrolysis) is 1. The van der Waals surface area contributed by atoms with Gasteiger partial charge in [-0.25, -0.2) is 9.78 Å². The summed E-state index contributed by atoms with van der Waals surface area (Å²) in [7, 11) is 0. The molecule has 4 aromatic rings. The Hall–Kier alpha value is -3.80. The van der Waals surface area contributed by atoms with Crippen molar-refractivity contribution in [2.24, 2.45) is 0 Å². The van der Waals surface area contributed by atoms with E-state index in [4.69, 9.17) is 4.74 Å². The van der Waals surface area contributed by atoms with Crippen LogP contribution < -0.4 is 5.32 Å². The van der Waals surface area contributed by atoms with Gasteiger partial charge in [-0.2, -0.15) is 0 Å². The summed E-state index contributed by atoms with van der Waals surface area (Å²) in [6.45, 7) is 5.58. The van der Waals surface area contributed by atoms with Crippen molar-refractivity contribution in [2.75, 3.05) is 0 Å². The summed E-state index contributed by atoms with van der Waals surface area (Å²) in [6, 6.07) is 22.2. The molecule has 0 radical (unpaired) electrons. The number of carbonyl (C=O) groups excluding carboxylic acids is 1. The summed E-state index contributed by atoms with van der Waals surface area (Å²) >= 11 is 0. The fraction of sp³-hybridized carbons (Fsp3) is 0.259. The first-order valence-electron chi connectivity index (χ1n) is 11.2. The molecule has 33 heavy (non-hydrogen) atoms. The molecule has 0 saturated heterocycles. The Morgan fingerprint density at radius 2 is 1.73 bits per heavy atom. The van der Waals surface area contributed by atoms with Crippen molar-refractivity contribution in [3.63, 3.8) is 0 Å². The second kappa shape index (κ2) is 9.77. The molecular formula is C27H32N4O2. The highest BCUT2D eigenvalue weighted by Crippen LogP contribution is 2.24. The van der Waals surface area contributed by atoms with Crippen molar-refractivity contribution in [1.29, 1.82) is 0 Å². The molecule has 2 heterocycles. The smallest absolute Gasteiger partial charge is 0.408 e. The van der Waals surface area contributed by atoms with Crippen LogP contribution in [0.2, 0.25) is 0 Å². The Kier molecular flexibility index (Phi) is 6.63. The molecule has 0 spiro atoms. The third-order valence-electron chi connectivity index (χ3n) is 5.25. The average Bonchev–Trinajstić information content (AvgIpc) is 3.49. The molecule has 0 bridgehead atoms. The lowest BCUT2D eigenvalue weighted by molar-refractivity contribution is 0.0498. The summed E-state index contributed by atoms with van der Waals surface area (Å²) in [5.41, 5.74) is 2.66. The summed E-state index contributed by atoms with van der Waals surface area (Å²) in [6.07, 6.45) is 8.77. The van der Waals surface area contributed by atoms with E-state index in [1.165, 1.54) is 5.56 Å². The first kappa shape index (κ1) is 22.4. The van der Waals surface area contributed by atoms with Crippen molar-refractivity contribution in [3.8, 4) is 11.4 Å². The molecule has 2 aromatic carbocycles. The van der Waals surface area contributed by atoms with E-state index in [2.05, 4.69) is 39.1 Å². The maximum absolute atomic E-state index is 12.7. The van der Waals surface area contributed by atoms with Crippen molar-refractivity contribution in [1.82, 2.24) is 19.4 Å². The number of benzene rings is 2. The van der Waals surface area contributed by atoms with Gasteiger partial charge in [-0.15, -0.1) is 0 Å². The molecule has 172 valence electrons.